The summed E-state index contributed by atoms with van der Waals surface area (Å²) in [5.41, 5.74) is -0.0586. The summed E-state index contributed by atoms with van der Waals surface area (Å²) < 4.78 is 13.3. The van der Waals surface area contributed by atoms with Gasteiger partial charge in [-0.2, -0.15) is 0 Å². The molecule has 0 aliphatic heterocycles. The molecule has 4 nitrogen and oxygen atoms in total. The second-order valence-electron chi connectivity index (χ2n) is 4.85. The summed E-state index contributed by atoms with van der Waals surface area (Å²) in [6, 6.07) is 3.96. The van der Waals surface area contributed by atoms with Gasteiger partial charge in [-0.15, -0.1) is 0 Å². The van der Waals surface area contributed by atoms with Gasteiger partial charge in [0, 0.05) is 17.5 Å². The summed E-state index contributed by atoms with van der Waals surface area (Å²) in [5, 5.41) is 10.4. The van der Waals surface area contributed by atoms with Crippen LogP contribution in [0.4, 0.5) is 4.39 Å². The normalized spacial score (nSPS) is 21.2. The third-order valence-electron chi connectivity index (χ3n) is 3.50. The highest BCUT2D eigenvalue weighted by Gasteiger charge is 2.43. The Hall–Kier alpha value is -2.01. The highest BCUT2D eigenvalue weighted by atomic mass is 19.1. The maximum absolute atomic E-state index is 13.3. The summed E-state index contributed by atoms with van der Waals surface area (Å²) in [4.78, 5) is 19.7. The van der Waals surface area contributed by atoms with Crippen molar-refractivity contribution < 1.29 is 14.3 Å². The van der Waals surface area contributed by atoms with Gasteiger partial charge in [-0.3, -0.25) is 4.79 Å². The van der Waals surface area contributed by atoms with Crippen LogP contribution in [0.25, 0.3) is 11.3 Å². The van der Waals surface area contributed by atoms with Gasteiger partial charge in [0.05, 0.1) is 11.4 Å². The first kappa shape index (κ1) is 12.0. The number of aliphatic hydroxyl groups is 1. The summed E-state index contributed by atoms with van der Waals surface area (Å²) in [6.07, 6.45) is 0.661. The van der Waals surface area contributed by atoms with Crippen molar-refractivity contribution in [2.75, 3.05) is 0 Å². The molecule has 2 aromatic rings. The standard InChI is InChI=1S/C14H13FN2O2/c1-3-10-16-11-8-5-4-7(15)6-9(8)13(18)14(2,19)12(11)17-10/h4-6,19H,3H2,1-2H3,(H,16,17). The number of Topliss-reactive ketones (excluding diaryl/α,β-unsaturated/α-hetero) is 1. The molecule has 0 radical (unpaired) electrons. The van der Waals surface area contributed by atoms with Crippen LogP contribution in [0, 0.1) is 5.82 Å². The van der Waals surface area contributed by atoms with E-state index in [1.54, 1.807) is 0 Å². The van der Waals surface area contributed by atoms with Gasteiger partial charge in [-0.05, 0) is 25.1 Å². The maximum atomic E-state index is 13.3. The summed E-state index contributed by atoms with van der Waals surface area (Å²) in [6.45, 7) is 3.33. The Bertz CT molecular complexity index is 689. The number of H-pyrrole nitrogens is 1. The van der Waals surface area contributed by atoms with Gasteiger partial charge in [0.2, 0.25) is 5.78 Å². The molecule has 1 heterocycles. The highest BCUT2D eigenvalue weighted by Crippen LogP contribution is 2.40. The Balaban J connectivity index is 2.35. The number of aryl methyl sites for hydroxylation is 1. The molecule has 0 saturated heterocycles. The number of benzene rings is 1. The summed E-state index contributed by atoms with van der Waals surface area (Å²) in [7, 11) is 0. The SMILES string of the molecule is CCc1nc2c([nH]1)C(C)(O)C(=O)c1cc(F)ccc1-2. The van der Waals surface area contributed by atoms with Crippen molar-refractivity contribution in [3.63, 3.8) is 0 Å². The predicted molar refractivity (Wildman–Crippen MR) is 67.3 cm³/mol. The minimum Gasteiger partial charge on any atom is -0.376 e. The number of nitrogens with one attached hydrogen (secondary N) is 1. The minimum atomic E-state index is -1.70. The van der Waals surface area contributed by atoms with Crippen LogP contribution in [-0.4, -0.2) is 20.9 Å². The zero-order valence-corrected chi connectivity index (χ0v) is 10.6. The number of carbonyl (C=O) groups is 1. The lowest BCUT2D eigenvalue weighted by Crippen LogP contribution is -2.36. The number of nitrogens with zero attached hydrogens (tertiary/aromatic N) is 1. The molecule has 3 rings (SSSR count). The van der Waals surface area contributed by atoms with E-state index in [2.05, 4.69) is 9.97 Å². The van der Waals surface area contributed by atoms with Crippen molar-refractivity contribution in [3.8, 4) is 11.3 Å². The quantitative estimate of drug-likeness (QED) is 0.826. The van der Waals surface area contributed by atoms with Gasteiger partial charge in [-0.25, -0.2) is 9.37 Å². The van der Waals surface area contributed by atoms with Crippen molar-refractivity contribution in [3.05, 3.63) is 41.1 Å². The Labute approximate surface area is 109 Å². The summed E-state index contributed by atoms with van der Waals surface area (Å²) >= 11 is 0. The molecule has 19 heavy (non-hydrogen) atoms. The van der Waals surface area contributed by atoms with Crippen LogP contribution in [0.5, 0.6) is 0 Å². The molecule has 98 valence electrons. The number of hydrogen-bond acceptors (Lipinski definition) is 3. The molecule has 0 amide bonds. The first-order valence-corrected chi connectivity index (χ1v) is 6.11. The van der Waals surface area contributed by atoms with E-state index in [4.69, 9.17) is 0 Å². The van der Waals surface area contributed by atoms with E-state index < -0.39 is 17.2 Å². The Morgan fingerprint density at radius 3 is 2.84 bits per heavy atom. The first-order valence-electron chi connectivity index (χ1n) is 6.11. The van der Waals surface area contributed by atoms with Crippen molar-refractivity contribution in [1.82, 2.24) is 9.97 Å². The third-order valence-corrected chi connectivity index (χ3v) is 3.50. The van der Waals surface area contributed by atoms with Crippen molar-refractivity contribution >= 4 is 5.78 Å². The lowest BCUT2D eigenvalue weighted by atomic mass is 9.81. The lowest BCUT2D eigenvalue weighted by Gasteiger charge is -2.27. The van der Waals surface area contributed by atoms with Crippen LogP contribution in [0.15, 0.2) is 18.2 Å². The number of fused-ring (bicyclic) bond motifs is 3. The zero-order chi connectivity index (χ0) is 13.8. The molecule has 1 aromatic carbocycles. The topological polar surface area (TPSA) is 66.0 Å². The Morgan fingerprint density at radius 2 is 2.16 bits per heavy atom. The Morgan fingerprint density at radius 1 is 1.42 bits per heavy atom. The molecular weight excluding hydrogens is 247 g/mol. The van der Waals surface area contributed by atoms with Crippen LogP contribution in [0.2, 0.25) is 0 Å². The van der Waals surface area contributed by atoms with Crippen LogP contribution in [0.3, 0.4) is 0 Å². The number of aromatic amines is 1. The number of carbonyl (C=O) groups excluding carboxylic acids is 1. The number of aromatic nitrogens is 2. The fourth-order valence-electron chi connectivity index (χ4n) is 2.42. The van der Waals surface area contributed by atoms with E-state index in [1.165, 1.54) is 19.1 Å². The molecule has 1 aromatic heterocycles. The van der Waals surface area contributed by atoms with Crippen molar-refractivity contribution in [1.29, 1.82) is 0 Å². The molecule has 0 saturated carbocycles. The third kappa shape index (κ3) is 1.55. The smallest absolute Gasteiger partial charge is 0.200 e. The summed E-state index contributed by atoms with van der Waals surface area (Å²) in [5.74, 6) is -0.325. The zero-order valence-electron chi connectivity index (χ0n) is 10.6. The molecule has 0 bridgehead atoms. The van der Waals surface area contributed by atoms with Crippen molar-refractivity contribution in [2.24, 2.45) is 0 Å². The van der Waals surface area contributed by atoms with Gasteiger partial charge in [0.1, 0.15) is 11.6 Å². The molecule has 1 aliphatic rings. The largest absolute Gasteiger partial charge is 0.376 e. The second kappa shape index (κ2) is 3.74. The first-order chi connectivity index (χ1) is 8.95. The number of hydrogen-bond donors (Lipinski definition) is 2. The maximum Gasteiger partial charge on any atom is 0.200 e. The van der Waals surface area contributed by atoms with Gasteiger partial charge in [0.15, 0.2) is 5.60 Å². The van der Waals surface area contributed by atoms with E-state index in [0.29, 0.717) is 29.2 Å². The highest BCUT2D eigenvalue weighted by molar-refractivity contribution is 6.10. The van der Waals surface area contributed by atoms with Gasteiger partial charge in [0.25, 0.3) is 0 Å². The van der Waals surface area contributed by atoms with E-state index in [1.807, 2.05) is 6.92 Å². The van der Waals surface area contributed by atoms with Crippen LogP contribution < -0.4 is 0 Å². The average molecular weight is 260 g/mol. The van der Waals surface area contributed by atoms with E-state index in [-0.39, 0.29) is 5.56 Å². The minimum absolute atomic E-state index is 0.173. The molecule has 0 spiro atoms. The average Bonchev–Trinajstić information content (AvgIpc) is 2.81. The van der Waals surface area contributed by atoms with Crippen LogP contribution in [0.1, 0.15) is 35.7 Å². The lowest BCUT2D eigenvalue weighted by molar-refractivity contribution is 0.0369. The monoisotopic (exact) mass is 260 g/mol. The molecule has 5 heteroatoms. The Kier molecular flexibility index (Phi) is 2.37. The van der Waals surface area contributed by atoms with E-state index in [0.717, 1.165) is 6.07 Å². The number of imidazole rings is 1. The molecule has 2 N–H and O–H groups in total. The number of ketones is 1. The second-order valence-corrected chi connectivity index (χ2v) is 4.85. The van der Waals surface area contributed by atoms with Gasteiger partial charge in [-0.1, -0.05) is 6.92 Å². The molecular formula is C14H13FN2O2. The molecule has 1 atom stereocenters. The van der Waals surface area contributed by atoms with Gasteiger partial charge >= 0.3 is 0 Å². The molecule has 1 unspecified atom stereocenters. The van der Waals surface area contributed by atoms with Gasteiger partial charge < -0.3 is 10.1 Å². The van der Waals surface area contributed by atoms with Crippen molar-refractivity contribution in [2.45, 2.75) is 25.9 Å². The van der Waals surface area contributed by atoms with E-state index in [9.17, 15) is 14.3 Å². The fourth-order valence-corrected chi connectivity index (χ4v) is 2.42. The van der Waals surface area contributed by atoms with Crippen LogP contribution >= 0.6 is 0 Å². The predicted octanol–water partition coefficient (Wildman–Crippen LogP) is 2.18. The molecule has 0 fully saturated rings. The number of halogens is 1. The molecule has 1 aliphatic carbocycles. The number of rotatable bonds is 1. The van der Waals surface area contributed by atoms with Crippen LogP contribution in [-0.2, 0) is 12.0 Å². The van der Waals surface area contributed by atoms with E-state index >= 15 is 0 Å². The fraction of sp³-hybridized carbons (Fsp3) is 0.286.